The van der Waals surface area contributed by atoms with Gasteiger partial charge in [0.1, 0.15) is 0 Å². The zero-order valence-electron chi connectivity index (χ0n) is 10.2. The monoisotopic (exact) mass is 238 g/mol. The predicted molar refractivity (Wildman–Crippen MR) is 75.0 cm³/mol. The lowest BCUT2D eigenvalue weighted by Gasteiger charge is -2.08. The number of anilines is 1. The number of hydrogen-bond donors (Lipinski definition) is 2. The Morgan fingerprint density at radius 1 is 1.25 bits per heavy atom. The molecule has 0 spiro atoms. The van der Waals surface area contributed by atoms with Gasteiger partial charge in [-0.25, -0.2) is 0 Å². The lowest BCUT2D eigenvalue weighted by atomic mass is 10.2. The van der Waals surface area contributed by atoms with Crippen molar-refractivity contribution < 1.29 is 0 Å². The number of thioether (sulfide) groups is 1. The average molecular weight is 238 g/mol. The molecule has 0 amide bonds. The molecular weight excluding hydrogens is 216 g/mol. The summed E-state index contributed by atoms with van der Waals surface area (Å²) in [6.45, 7) is 6.16. The minimum Gasteiger partial charge on any atom is -0.385 e. The molecule has 0 radical (unpaired) electrons. The summed E-state index contributed by atoms with van der Waals surface area (Å²) < 4.78 is 0. The SMILES string of the molecule is CC(C)SCc1ccc(NCCCN)cc1. The lowest BCUT2D eigenvalue weighted by Crippen LogP contribution is -2.08. The maximum atomic E-state index is 5.44. The second-order valence-corrected chi connectivity index (χ2v) is 5.69. The van der Waals surface area contributed by atoms with Gasteiger partial charge in [-0.3, -0.25) is 0 Å². The van der Waals surface area contributed by atoms with Crippen molar-refractivity contribution in [2.24, 2.45) is 5.73 Å². The largest absolute Gasteiger partial charge is 0.385 e. The minimum atomic E-state index is 0.697. The Balaban J connectivity index is 2.35. The first-order valence-electron chi connectivity index (χ1n) is 5.87. The standard InChI is InChI=1S/C13H22N2S/c1-11(2)16-10-12-4-6-13(7-5-12)15-9-3-8-14/h4-7,11,15H,3,8-10,14H2,1-2H3. The third-order valence-corrected chi connectivity index (χ3v) is 3.41. The van der Waals surface area contributed by atoms with Gasteiger partial charge in [0.15, 0.2) is 0 Å². The van der Waals surface area contributed by atoms with Crippen LogP contribution in [0.25, 0.3) is 0 Å². The Hall–Kier alpha value is -0.670. The molecule has 0 aliphatic carbocycles. The Kier molecular flexibility index (Phi) is 6.34. The topological polar surface area (TPSA) is 38.0 Å². The van der Waals surface area contributed by atoms with Crippen LogP contribution in [0.2, 0.25) is 0 Å². The zero-order chi connectivity index (χ0) is 11.8. The molecule has 1 aromatic rings. The van der Waals surface area contributed by atoms with Gasteiger partial charge in [0, 0.05) is 18.0 Å². The van der Waals surface area contributed by atoms with Crippen molar-refractivity contribution in [2.45, 2.75) is 31.3 Å². The molecule has 0 unspecified atom stereocenters. The second kappa shape index (κ2) is 7.58. The number of hydrogen-bond acceptors (Lipinski definition) is 3. The fraction of sp³-hybridized carbons (Fsp3) is 0.538. The van der Waals surface area contributed by atoms with E-state index in [0.717, 1.165) is 25.3 Å². The number of benzene rings is 1. The second-order valence-electron chi connectivity index (χ2n) is 4.13. The average Bonchev–Trinajstić information content (AvgIpc) is 2.28. The molecule has 0 aromatic heterocycles. The highest BCUT2D eigenvalue weighted by atomic mass is 32.2. The van der Waals surface area contributed by atoms with Gasteiger partial charge >= 0.3 is 0 Å². The van der Waals surface area contributed by atoms with Crippen LogP contribution in [0.4, 0.5) is 5.69 Å². The van der Waals surface area contributed by atoms with Gasteiger partial charge in [-0.1, -0.05) is 26.0 Å². The van der Waals surface area contributed by atoms with Crippen LogP contribution in [0.1, 0.15) is 25.8 Å². The first kappa shape index (κ1) is 13.4. The predicted octanol–water partition coefficient (Wildman–Crippen LogP) is 3.09. The molecule has 0 bridgehead atoms. The third kappa shape index (κ3) is 5.42. The van der Waals surface area contributed by atoms with Crippen LogP contribution < -0.4 is 11.1 Å². The summed E-state index contributed by atoms with van der Waals surface area (Å²) in [6, 6.07) is 8.68. The Morgan fingerprint density at radius 3 is 2.50 bits per heavy atom. The zero-order valence-corrected chi connectivity index (χ0v) is 11.0. The van der Waals surface area contributed by atoms with Crippen molar-refractivity contribution in [3.8, 4) is 0 Å². The van der Waals surface area contributed by atoms with Crippen molar-refractivity contribution in [2.75, 3.05) is 18.4 Å². The molecule has 0 heterocycles. The number of nitrogens with two attached hydrogens (primary N) is 1. The minimum absolute atomic E-state index is 0.697. The van der Waals surface area contributed by atoms with Crippen molar-refractivity contribution in [3.63, 3.8) is 0 Å². The summed E-state index contributed by atoms with van der Waals surface area (Å²) in [5.74, 6) is 1.10. The molecule has 0 atom stereocenters. The van der Waals surface area contributed by atoms with Crippen molar-refractivity contribution >= 4 is 17.4 Å². The molecule has 1 rings (SSSR count). The Labute approximate surface area is 103 Å². The fourth-order valence-corrected chi connectivity index (χ4v) is 2.03. The van der Waals surface area contributed by atoms with Crippen LogP contribution >= 0.6 is 11.8 Å². The van der Waals surface area contributed by atoms with E-state index in [-0.39, 0.29) is 0 Å². The molecule has 16 heavy (non-hydrogen) atoms. The van der Waals surface area contributed by atoms with Crippen LogP contribution in [0.5, 0.6) is 0 Å². The molecular formula is C13H22N2S. The highest BCUT2D eigenvalue weighted by molar-refractivity contribution is 7.99. The van der Waals surface area contributed by atoms with Gasteiger partial charge in [0.25, 0.3) is 0 Å². The van der Waals surface area contributed by atoms with Crippen molar-refractivity contribution in [3.05, 3.63) is 29.8 Å². The van der Waals surface area contributed by atoms with E-state index in [1.165, 1.54) is 11.3 Å². The number of nitrogens with one attached hydrogen (secondary N) is 1. The number of rotatable bonds is 7. The molecule has 3 heteroatoms. The van der Waals surface area contributed by atoms with E-state index in [4.69, 9.17) is 5.73 Å². The van der Waals surface area contributed by atoms with E-state index < -0.39 is 0 Å². The molecule has 0 aliphatic rings. The highest BCUT2D eigenvalue weighted by Crippen LogP contribution is 2.18. The summed E-state index contributed by atoms with van der Waals surface area (Å²) in [5, 5.41) is 4.05. The summed E-state index contributed by atoms with van der Waals surface area (Å²) in [7, 11) is 0. The van der Waals surface area contributed by atoms with Gasteiger partial charge in [0.05, 0.1) is 0 Å². The molecule has 1 aromatic carbocycles. The maximum absolute atomic E-state index is 5.44. The molecule has 3 N–H and O–H groups in total. The van der Waals surface area contributed by atoms with Gasteiger partial charge in [-0.15, -0.1) is 0 Å². The van der Waals surface area contributed by atoms with E-state index in [1.807, 2.05) is 11.8 Å². The molecule has 0 fully saturated rings. The molecule has 90 valence electrons. The van der Waals surface area contributed by atoms with Crippen LogP contribution in [-0.2, 0) is 5.75 Å². The summed E-state index contributed by atoms with van der Waals surface area (Å²) in [6.07, 6.45) is 1.02. The van der Waals surface area contributed by atoms with E-state index >= 15 is 0 Å². The van der Waals surface area contributed by atoms with Gasteiger partial charge in [-0.2, -0.15) is 11.8 Å². The first-order chi connectivity index (χ1) is 7.72. The van der Waals surface area contributed by atoms with Gasteiger partial charge in [-0.05, 0) is 35.9 Å². The summed E-state index contributed by atoms with van der Waals surface area (Å²) >= 11 is 1.97. The molecule has 2 nitrogen and oxygen atoms in total. The van der Waals surface area contributed by atoms with Gasteiger partial charge in [0.2, 0.25) is 0 Å². The normalized spacial score (nSPS) is 10.8. The Bertz CT molecular complexity index is 282. The third-order valence-electron chi connectivity index (χ3n) is 2.25. The molecule has 0 saturated heterocycles. The fourth-order valence-electron chi connectivity index (χ4n) is 1.32. The molecule has 0 aliphatic heterocycles. The Morgan fingerprint density at radius 2 is 1.94 bits per heavy atom. The van der Waals surface area contributed by atoms with Crippen LogP contribution in [0.3, 0.4) is 0 Å². The maximum Gasteiger partial charge on any atom is 0.0340 e. The van der Waals surface area contributed by atoms with Crippen LogP contribution in [0, 0.1) is 0 Å². The van der Waals surface area contributed by atoms with E-state index in [0.29, 0.717) is 5.25 Å². The first-order valence-corrected chi connectivity index (χ1v) is 6.91. The van der Waals surface area contributed by atoms with Crippen molar-refractivity contribution in [1.82, 2.24) is 0 Å². The quantitative estimate of drug-likeness (QED) is 0.717. The van der Waals surface area contributed by atoms with E-state index in [9.17, 15) is 0 Å². The van der Waals surface area contributed by atoms with Crippen LogP contribution in [0.15, 0.2) is 24.3 Å². The highest BCUT2D eigenvalue weighted by Gasteiger charge is 1.97. The summed E-state index contributed by atoms with van der Waals surface area (Å²) in [4.78, 5) is 0. The van der Waals surface area contributed by atoms with E-state index in [1.54, 1.807) is 0 Å². The van der Waals surface area contributed by atoms with Crippen molar-refractivity contribution in [1.29, 1.82) is 0 Å². The van der Waals surface area contributed by atoms with Gasteiger partial charge < -0.3 is 11.1 Å². The van der Waals surface area contributed by atoms with E-state index in [2.05, 4.69) is 43.4 Å². The van der Waals surface area contributed by atoms with Crippen LogP contribution in [-0.4, -0.2) is 18.3 Å². The molecule has 0 saturated carbocycles. The smallest absolute Gasteiger partial charge is 0.0340 e. The lowest BCUT2D eigenvalue weighted by molar-refractivity contribution is 0.874. The summed E-state index contributed by atoms with van der Waals surface area (Å²) in [5.41, 5.74) is 8.02.